The van der Waals surface area contributed by atoms with Crippen LogP contribution in [-0.2, 0) is 22.7 Å². The second-order valence-electron chi connectivity index (χ2n) is 6.93. The van der Waals surface area contributed by atoms with Crippen LogP contribution in [0.4, 0.5) is 5.69 Å². The molecule has 1 atom stereocenters. The van der Waals surface area contributed by atoms with Crippen LogP contribution in [0.25, 0.3) is 0 Å². The highest BCUT2D eigenvalue weighted by Gasteiger charge is 2.35. The van der Waals surface area contributed by atoms with Crippen LogP contribution in [-0.4, -0.2) is 42.7 Å². The van der Waals surface area contributed by atoms with Crippen molar-refractivity contribution in [1.29, 1.82) is 0 Å². The maximum absolute atomic E-state index is 13.0. The number of fused-ring (bicyclic) bond motifs is 1. The summed E-state index contributed by atoms with van der Waals surface area (Å²) in [5.74, 6) is 0.396. The van der Waals surface area contributed by atoms with Crippen molar-refractivity contribution in [2.45, 2.75) is 31.7 Å². The third-order valence-electron chi connectivity index (χ3n) is 5.11. The minimum atomic E-state index is -3.07. The normalized spacial score (nSPS) is 20.4. The highest BCUT2D eigenvalue weighted by Crippen LogP contribution is 2.32. The van der Waals surface area contributed by atoms with E-state index in [1.165, 1.54) is 7.11 Å². The largest absolute Gasteiger partial charge is 0.495 e. The van der Waals surface area contributed by atoms with Gasteiger partial charge in [-0.3, -0.25) is 9.48 Å². The number of nitrogens with one attached hydrogen (secondary N) is 1. The number of hydrogen-bond donors (Lipinski definition) is 1. The minimum absolute atomic E-state index is 0.0300. The Morgan fingerprint density at radius 2 is 2.19 bits per heavy atom. The Kier molecular flexibility index (Phi) is 4.63. The number of halogens is 1. The summed E-state index contributed by atoms with van der Waals surface area (Å²) in [5.41, 5.74) is 2.84. The zero-order valence-electron chi connectivity index (χ0n) is 14.9. The molecule has 0 unspecified atom stereocenters. The van der Waals surface area contributed by atoms with Crippen LogP contribution in [0, 0.1) is 0 Å². The van der Waals surface area contributed by atoms with E-state index in [1.807, 2.05) is 0 Å². The quantitative estimate of drug-likeness (QED) is 0.838. The van der Waals surface area contributed by atoms with Crippen LogP contribution in [0.5, 0.6) is 5.75 Å². The molecule has 0 spiro atoms. The standard InChI is InChI=1S/C18H20ClN3O4S/c1-26-16-6-5-11(9-14(16)19)20-18(23)17-13-3-2-4-15(13)21-22(17)12-7-8-27(24,25)10-12/h5-6,9,12H,2-4,7-8,10H2,1H3,(H,20,23)/t12-/m1/s1. The highest BCUT2D eigenvalue weighted by atomic mass is 35.5. The number of amides is 1. The van der Waals surface area contributed by atoms with Gasteiger partial charge in [-0.05, 0) is 43.9 Å². The maximum Gasteiger partial charge on any atom is 0.274 e. The van der Waals surface area contributed by atoms with Crippen molar-refractivity contribution < 1.29 is 17.9 Å². The smallest absolute Gasteiger partial charge is 0.274 e. The van der Waals surface area contributed by atoms with Crippen LogP contribution in [0.3, 0.4) is 0 Å². The molecule has 144 valence electrons. The van der Waals surface area contributed by atoms with E-state index in [0.29, 0.717) is 28.6 Å². The Labute approximate surface area is 162 Å². The number of ether oxygens (including phenoxy) is 1. The van der Waals surface area contributed by atoms with E-state index in [1.54, 1.807) is 22.9 Å². The molecule has 1 saturated heterocycles. The van der Waals surface area contributed by atoms with Crippen molar-refractivity contribution >= 4 is 33.0 Å². The second kappa shape index (κ2) is 6.83. The lowest BCUT2D eigenvalue weighted by atomic mass is 10.1. The fourth-order valence-corrected chi connectivity index (χ4v) is 5.77. The lowest BCUT2D eigenvalue weighted by Gasteiger charge is -2.15. The third kappa shape index (κ3) is 3.43. The number of benzene rings is 1. The molecule has 0 bridgehead atoms. The highest BCUT2D eigenvalue weighted by molar-refractivity contribution is 7.91. The monoisotopic (exact) mass is 409 g/mol. The average Bonchev–Trinajstić information content (AvgIpc) is 3.28. The fraction of sp³-hybridized carbons (Fsp3) is 0.444. The summed E-state index contributed by atoms with van der Waals surface area (Å²) >= 11 is 6.14. The molecule has 1 fully saturated rings. The summed E-state index contributed by atoms with van der Waals surface area (Å²) < 4.78 is 30.5. The SMILES string of the molecule is COc1ccc(NC(=O)c2c3c(nn2[C@@H]2CCS(=O)(=O)C2)CCC3)cc1Cl. The van der Waals surface area contributed by atoms with Gasteiger partial charge in [0.1, 0.15) is 11.4 Å². The first-order valence-corrected chi connectivity index (χ1v) is 11.0. The second-order valence-corrected chi connectivity index (χ2v) is 9.57. The van der Waals surface area contributed by atoms with Gasteiger partial charge in [-0.25, -0.2) is 8.42 Å². The molecule has 2 aromatic rings. The predicted molar refractivity (Wildman–Crippen MR) is 103 cm³/mol. The number of aromatic nitrogens is 2. The van der Waals surface area contributed by atoms with Crippen molar-refractivity contribution in [3.8, 4) is 5.75 Å². The number of hydrogen-bond acceptors (Lipinski definition) is 5. The number of rotatable bonds is 4. The van der Waals surface area contributed by atoms with Crippen LogP contribution in [0.2, 0.25) is 5.02 Å². The third-order valence-corrected chi connectivity index (χ3v) is 7.16. The molecule has 7 nitrogen and oxygen atoms in total. The summed E-state index contributed by atoms with van der Waals surface area (Å²) in [6.07, 6.45) is 3.03. The zero-order chi connectivity index (χ0) is 19.2. The molecular formula is C18H20ClN3O4S. The molecule has 1 N–H and O–H groups in total. The van der Waals surface area contributed by atoms with Crippen molar-refractivity contribution in [1.82, 2.24) is 9.78 Å². The number of methoxy groups -OCH3 is 1. The van der Waals surface area contributed by atoms with E-state index in [9.17, 15) is 13.2 Å². The summed E-state index contributed by atoms with van der Waals surface area (Å²) in [4.78, 5) is 13.0. The number of sulfone groups is 1. The average molecular weight is 410 g/mol. The first-order chi connectivity index (χ1) is 12.9. The Morgan fingerprint density at radius 3 is 2.85 bits per heavy atom. The fourth-order valence-electron chi connectivity index (χ4n) is 3.82. The lowest BCUT2D eigenvalue weighted by Crippen LogP contribution is -2.23. The molecule has 27 heavy (non-hydrogen) atoms. The topological polar surface area (TPSA) is 90.3 Å². The van der Waals surface area contributed by atoms with Gasteiger partial charge >= 0.3 is 0 Å². The Morgan fingerprint density at radius 1 is 1.37 bits per heavy atom. The molecule has 1 aromatic carbocycles. The van der Waals surface area contributed by atoms with E-state index in [-0.39, 0.29) is 23.5 Å². The first kappa shape index (κ1) is 18.3. The minimum Gasteiger partial charge on any atom is -0.495 e. The molecule has 1 aromatic heterocycles. The van der Waals surface area contributed by atoms with E-state index >= 15 is 0 Å². The van der Waals surface area contributed by atoms with Gasteiger partial charge in [-0.15, -0.1) is 0 Å². The van der Waals surface area contributed by atoms with Gasteiger partial charge in [0.05, 0.1) is 35.4 Å². The Hall–Kier alpha value is -2.06. The van der Waals surface area contributed by atoms with Crippen LogP contribution >= 0.6 is 11.6 Å². The predicted octanol–water partition coefficient (Wildman–Crippen LogP) is 2.65. The Balaban J connectivity index is 1.66. The molecule has 1 amide bonds. The molecule has 1 aliphatic heterocycles. The summed E-state index contributed by atoms with van der Waals surface area (Å²) in [7, 11) is -1.55. The summed E-state index contributed by atoms with van der Waals surface area (Å²) in [5, 5.41) is 7.85. The summed E-state index contributed by atoms with van der Waals surface area (Å²) in [6.45, 7) is 0. The molecule has 2 heterocycles. The van der Waals surface area contributed by atoms with Crippen molar-refractivity contribution in [2.24, 2.45) is 0 Å². The molecule has 4 rings (SSSR count). The molecule has 1 aliphatic carbocycles. The van der Waals surface area contributed by atoms with Crippen LogP contribution in [0.15, 0.2) is 18.2 Å². The number of carbonyl (C=O) groups is 1. The van der Waals surface area contributed by atoms with Gasteiger partial charge in [0, 0.05) is 11.3 Å². The van der Waals surface area contributed by atoms with Crippen molar-refractivity contribution in [3.63, 3.8) is 0 Å². The van der Waals surface area contributed by atoms with Gasteiger partial charge in [0.15, 0.2) is 9.84 Å². The molecule has 0 saturated carbocycles. The Bertz CT molecular complexity index is 1020. The van der Waals surface area contributed by atoms with E-state index in [4.69, 9.17) is 16.3 Å². The van der Waals surface area contributed by atoms with E-state index in [0.717, 1.165) is 30.5 Å². The van der Waals surface area contributed by atoms with Crippen molar-refractivity contribution in [2.75, 3.05) is 23.9 Å². The van der Waals surface area contributed by atoms with Crippen molar-refractivity contribution in [3.05, 3.63) is 40.2 Å². The zero-order valence-corrected chi connectivity index (χ0v) is 16.4. The van der Waals surface area contributed by atoms with Crippen LogP contribution in [0.1, 0.15) is 40.6 Å². The number of nitrogens with zero attached hydrogens (tertiary/aromatic N) is 2. The number of anilines is 1. The molecule has 0 radical (unpaired) electrons. The van der Waals surface area contributed by atoms with Crippen LogP contribution < -0.4 is 10.1 Å². The number of aryl methyl sites for hydroxylation is 1. The van der Waals surface area contributed by atoms with Gasteiger partial charge in [0.2, 0.25) is 0 Å². The maximum atomic E-state index is 13.0. The molecule has 9 heteroatoms. The van der Waals surface area contributed by atoms with Gasteiger partial charge < -0.3 is 10.1 Å². The summed E-state index contributed by atoms with van der Waals surface area (Å²) in [6, 6.07) is 4.73. The molecular weight excluding hydrogens is 390 g/mol. The van der Waals surface area contributed by atoms with E-state index in [2.05, 4.69) is 10.4 Å². The first-order valence-electron chi connectivity index (χ1n) is 8.83. The van der Waals surface area contributed by atoms with Gasteiger partial charge in [0.25, 0.3) is 5.91 Å². The van der Waals surface area contributed by atoms with Gasteiger partial charge in [-0.1, -0.05) is 11.6 Å². The number of carbonyl (C=O) groups excluding carboxylic acids is 1. The van der Waals surface area contributed by atoms with E-state index < -0.39 is 9.84 Å². The van der Waals surface area contributed by atoms with Gasteiger partial charge in [-0.2, -0.15) is 5.10 Å². The lowest BCUT2D eigenvalue weighted by molar-refractivity contribution is 0.101. The molecule has 2 aliphatic rings.